The van der Waals surface area contributed by atoms with Gasteiger partial charge < -0.3 is 5.73 Å². The largest absolute Gasteiger partial charge is 0.366 e. The lowest BCUT2D eigenvalue weighted by Crippen LogP contribution is -2.10. The number of thiophene rings is 1. The van der Waals surface area contributed by atoms with Crippen LogP contribution >= 0.6 is 11.3 Å². The van der Waals surface area contributed by atoms with E-state index in [1.165, 1.54) is 11.3 Å². The molecule has 1 aromatic heterocycles. The normalized spacial score (nSPS) is 10.4. The Kier molecular flexibility index (Phi) is 3.85. The van der Waals surface area contributed by atoms with Crippen molar-refractivity contribution in [2.75, 3.05) is 0 Å². The molecule has 0 saturated heterocycles. The number of primary amides is 1. The van der Waals surface area contributed by atoms with Crippen molar-refractivity contribution >= 4 is 23.5 Å². The zero-order chi connectivity index (χ0) is 15.5. The van der Waals surface area contributed by atoms with Gasteiger partial charge in [0.25, 0.3) is 0 Å². The smallest absolute Gasteiger partial charge is 0.250 e. The van der Waals surface area contributed by atoms with E-state index in [4.69, 9.17) is 5.73 Å². The second-order valence-electron chi connectivity index (χ2n) is 4.84. The van der Waals surface area contributed by atoms with E-state index in [9.17, 15) is 9.59 Å². The third-order valence-electron chi connectivity index (χ3n) is 3.46. The summed E-state index contributed by atoms with van der Waals surface area (Å²) in [6, 6.07) is 17.1. The molecule has 0 spiro atoms. The molecule has 4 heteroatoms. The molecular formula is C18H13NO2S. The summed E-state index contributed by atoms with van der Waals surface area (Å²) in [4.78, 5) is 23.0. The Labute approximate surface area is 132 Å². The highest BCUT2D eigenvalue weighted by Gasteiger charge is 2.11. The number of nitrogens with two attached hydrogens (primary N) is 1. The summed E-state index contributed by atoms with van der Waals surface area (Å²) in [5.74, 6) is -0.412. The first-order valence-corrected chi connectivity index (χ1v) is 7.60. The Hall–Kier alpha value is -2.72. The summed E-state index contributed by atoms with van der Waals surface area (Å²) < 4.78 is 0. The van der Waals surface area contributed by atoms with Gasteiger partial charge in [-0.2, -0.15) is 0 Å². The summed E-state index contributed by atoms with van der Waals surface area (Å²) in [5, 5.41) is 1.86. The molecular weight excluding hydrogens is 294 g/mol. The Bertz CT molecular complexity index is 817. The van der Waals surface area contributed by atoms with E-state index in [1.54, 1.807) is 18.2 Å². The van der Waals surface area contributed by atoms with Crippen molar-refractivity contribution in [3.63, 3.8) is 0 Å². The SMILES string of the molecule is NC(=O)c1ccsc1-c1ccc(-c2ccc(C=O)cc2)cc1. The predicted octanol–water partition coefficient (Wildman–Crippen LogP) is 3.99. The molecule has 0 aliphatic heterocycles. The molecule has 3 rings (SSSR count). The molecule has 1 heterocycles. The molecule has 0 aliphatic rings. The summed E-state index contributed by atoms with van der Waals surface area (Å²) in [5.41, 5.74) is 9.65. The third kappa shape index (κ3) is 2.69. The number of rotatable bonds is 4. The van der Waals surface area contributed by atoms with Gasteiger partial charge in [0.1, 0.15) is 6.29 Å². The number of carbonyl (C=O) groups is 2. The lowest BCUT2D eigenvalue weighted by Gasteiger charge is -2.05. The summed E-state index contributed by atoms with van der Waals surface area (Å²) in [6.45, 7) is 0. The van der Waals surface area contributed by atoms with Gasteiger partial charge in [0.05, 0.1) is 5.56 Å². The fourth-order valence-electron chi connectivity index (χ4n) is 2.30. The average molecular weight is 307 g/mol. The van der Waals surface area contributed by atoms with E-state index < -0.39 is 5.91 Å². The van der Waals surface area contributed by atoms with E-state index in [2.05, 4.69) is 0 Å². The van der Waals surface area contributed by atoms with E-state index in [0.717, 1.165) is 27.9 Å². The molecule has 3 nitrogen and oxygen atoms in total. The lowest BCUT2D eigenvalue weighted by molar-refractivity contribution is 0.100. The zero-order valence-electron chi connectivity index (χ0n) is 11.7. The molecule has 2 aromatic carbocycles. The van der Waals surface area contributed by atoms with Crippen LogP contribution in [-0.2, 0) is 0 Å². The van der Waals surface area contributed by atoms with Crippen LogP contribution in [-0.4, -0.2) is 12.2 Å². The Morgan fingerprint density at radius 2 is 1.41 bits per heavy atom. The maximum absolute atomic E-state index is 11.4. The molecule has 0 radical (unpaired) electrons. The third-order valence-corrected chi connectivity index (χ3v) is 4.42. The quantitative estimate of drug-likeness (QED) is 0.741. The summed E-state index contributed by atoms with van der Waals surface area (Å²) in [7, 11) is 0. The van der Waals surface area contributed by atoms with Gasteiger partial charge >= 0.3 is 0 Å². The van der Waals surface area contributed by atoms with Crippen molar-refractivity contribution in [2.24, 2.45) is 5.73 Å². The standard InChI is InChI=1S/C18H13NO2S/c19-18(21)16-9-10-22-17(16)15-7-5-14(6-8-15)13-3-1-12(11-20)2-4-13/h1-11H,(H2,19,21). The molecule has 0 atom stereocenters. The Morgan fingerprint density at radius 1 is 0.864 bits per heavy atom. The molecule has 0 unspecified atom stereocenters. The van der Waals surface area contributed by atoms with Gasteiger partial charge in [0, 0.05) is 10.4 Å². The monoisotopic (exact) mass is 307 g/mol. The minimum Gasteiger partial charge on any atom is -0.366 e. The van der Waals surface area contributed by atoms with E-state index in [1.807, 2.05) is 41.8 Å². The van der Waals surface area contributed by atoms with Crippen molar-refractivity contribution in [2.45, 2.75) is 0 Å². The van der Waals surface area contributed by atoms with Crippen LogP contribution in [0.25, 0.3) is 21.6 Å². The predicted molar refractivity (Wildman–Crippen MR) is 89.1 cm³/mol. The van der Waals surface area contributed by atoms with Gasteiger partial charge in [-0.05, 0) is 28.1 Å². The molecule has 0 bridgehead atoms. The molecule has 1 amide bonds. The van der Waals surface area contributed by atoms with Crippen LogP contribution in [0.4, 0.5) is 0 Å². The second kappa shape index (κ2) is 5.95. The first-order valence-electron chi connectivity index (χ1n) is 6.72. The minimum absolute atomic E-state index is 0.412. The van der Waals surface area contributed by atoms with Crippen LogP contribution in [0.15, 0.2) is 60.0 Å². The molecule has 3 aromatic rings. The van der Waals surface area contributed by atoms with Crippen LogP contribution in [0, 0.1) is 0 Å². The van der Waals surface area contributed by atoms with E-state index >= 15 is 0 Å². The van der Waals surface area contributed by atoms with Crippen LogP contribution in [0.1, 0.15) is 20.7 Å². The maximum Gasteiger partial charge on any atom is 0.250 e. The molecule has 22 heavy (non-hydrogen) atoms. The van der Waals surface area contributed by atoms with Gasteiger partial charge in [-0.3, -0.25) is 9.59 Å². The van der Waals surface area contributed by atoms with Gasteiger partial charge in [-0.1, -0.05) is 48.5 Å². The first kappa shape index (κ1) is 14.2. The van der Waals surface area contributed by atoms with E-state index in [-0.39, 0.29) is 0 Å². The number of aldehydes is 1. The first-order chi connectivity index (χ1) is 10.7. The van der Waals surface area contributed by atoms with Crippen molar-refractivity contribution in [1.29, 1.82) is 0 Å². The van der Waals surface area contributed by atoms with Crippen LogP contribution in [0.3, 0.4) is 0 Å². The van der Waals surface area contributed by atoms with Crippen molar-refractivity contribution in [1.82, 2.24) is 0 Å². The lowest BCUT2D eigenvalue weighted by atomic mass is 10.0. The highest BCUT2D eigenvalue weighted by molar-refractivity contribution is 7.14. The van der Waals surface area contributed by atoms with Crippen molar-refractivity contribution in [3.05, 3.63) is 71.1 Å². The van der Waals surface area contributed by atoms with Gasteiger partial charge in [0.2, 0.25) is 5.91 Å². The topological polar surface area (TPSA) is 60.2 Å². The molecule has 108 valence electrons. The fraction of sp³-hybridized carbons (Fsp3) is 0. The summed E-state index contributed by atoms with van der Waals surface area (Å²) >= 11 is 1.50. The highest BCUT2D eigenvalue weighted by atomic mass is 32.1. The average Bonchev–Trinajstić information content (AvgIpc) is 3.05. The Balaban J connectivity index is 1.93. The minimum atomic E-state index is -0.412. The number of hydrogen-bond donors (Lipinski definition) is 1. The number of hydrogen-bond acceptors (Lipinski definition) is 3. The second-order valence-corrected chi connectivity index (χ2v) is 5.76. The van der Waals surface area contributed by atoms with Crippen molar-refractivity contribution in [3.8, 4) is 21.6 Å². The van der Waals surface area contributed by atoms with Gasteiger partial charge in [-0.25, -0.2) is 0 Å². The molecule has 0 saturated carbocycles. The van der Waals surface area contributed by atoms with E-state index in [0.29, 0.717) is 11.1 Å². The van der Waals surface area contributed by atoms with Gasteiger partial charge in [0.15, 0.2) is 0 Å². The fourth-order valence-corrected chi connectivity index (χ4v) is 3.20. The maximum atomic E-state index is 11.4. The zero-order valence-corrected chi connectivity index (χ0v) is 12.5. The number of amides is 1. The summed E-state index contributed by atoms with van der Waals surface area (Å²) in [6.07, 6.45) is 0.828. The van der Waals surface area contributed by atoms with Crippen LogP contribution in [0.2, 0.25) is 0 Å². The number of benzene rings is 2. The van der Waals surface area contributed by atoms with Crippen molar-refractivity contribution < 1.29 is 9.59 Å². The van der Waals surface area contributed by atoms with Gasteiger partial charge in [-0.15, -0.1) is 11.3 Å². The van der Waals surface area contributed by atoms with Crippen LogP contribution in [0.5, 0.6) is 0 Å². The molecule has 2 N–H and O–H groups in total. The highest BCUT2D eigenvalue weighted by Crippen LogP contribution is 2.31. The van der Waals surface area contributed by atoms with Crippen LogP contribution < -0.4 is 5.73 Å². The molecule has 0 fully saturated rings. The molecule has 0 aliphatic carbocycles. The Morgan fingerprint density at radius 3 is 1.95 bits per heavy atom. The number of carbonyl (C=O) groups excluding carboxylic acids is 2.